The van der Waals surface area contributed by atoms with Gasteiger partial charge in [0, 0.05) is 24.1 Å². The van der Waals surface area contributed by atoms with Gasteiger partial charge < -0.3 is 25.2 Å². The molecule has 0 amide bonds. The van der Waals surface area contributed by atoms with Crippen LogP contribution < -0.4 is 0 Å². The van der Waals surface area contributed by atoms with E-state index in [1.807, 2.05) is 121 Å². The van der Waals surface area contributed by atoms with Crippen LogP contribution in [0.1, 0.15) is 22.3 Å². The molecule has 0 aliphatic heterocycles. The molecule has 4 atom stereocenters. The lowest BCUT2D eigenvalue weighted by Gasteiger charge is -2.51. The van der Waals surface area contributed by atoms with Gasteiger partial charge in [-0.05, 0) is 22.3 Å². The molecule has 4 rings (SSSR count). The van der Waals surface area contributed by atoms with Crippen LogP contribution in [0.15, 0.2) is 121 Å². The Kier molecular flexibility index (Phi) is 10.3. The summed E-state index contributed by atoms with van der Waals surface area (Å²) in [5.74, 6) is 0. The van der Waals surface area contributed by atoms with Gasteiger partial charge in [0.05, 0.1) is 13.2 Å². The summed E-state index contributed by atoms with van der Waals surface area (Å²) in [7, 11) is 0. The fourth-order valence-electron chi connectivity index (χ4n) is 5.15. The molecular formula is C34H36O5S. The summed E-state index contributed by atoms with van der Waals surface area (Å²) in [6.07, 6.45) is -3.08. The average Bonchev–Trinajstić information content (AvgIpc) is 3.00. The summed E-state index contributed by atoms with van der Waals surface area (Å²) in [5, 5.41) is 45.1. The Morgan fingerprint density at radius 2 is 1.07 bits per heavy atom. The third-order valence-electron chi connectivity index (χ3n) is 7.34. The van der Waals surface area contributed by atoms with Gasteiger partial charge in [-0.3, -0.25) is 0 Å². The minimum atomic E-state index is -2.13. The first kappa shape index (κ1) is 29.7. The third kappa shape index (κ3) is 6.91. The van der Waals surface area contributed by atoms with E-state index < -0.39 is 30.0 Å². The van der Waals surface area contributed by atoms with Gasteiger partial charge in [0.1, 0.15) is 23.4 Å². The van der Waals surface area contributed by atoms with Crippen molar-refractivity contribution in [3.63, 3.8) is 0 Å². The summed E-state index contributed by atoms with van der Waals surface area (Å²) >= 11 is 6.15. The van der Waals surface area contributed by atoms with E-state index >= 15 is 0 Å². The van der Waals surface area contributed by atoms with E-state index in [9.17, 15) is 20.4 Å². The van der Waals surface area contributed by atoms with Crippen LogP contribution in [0.25, 0.3) is 0 Å². The van der Waals surface area contributed by atoms with Crippen LogP contribution in [-0.2, 0) is 30.6 Å². The van der Waals surface area contributed by atoms with Gasteiger partial charge in [0.15, 0.2) is 0 Å². The zero-order valence-electron chi connectivity index (χ0n) is 22.3. The number of thiocarbonyl (C=S) groups is 1. The fourth-order valence-corrected chi connectivity index (χ4v) is 5.62. The van der Waals surface area contributed by atoms with Crippen molar-refractivity contribution in [1.82, 2.24) is 0 Å². The predicted molar refractivity (Wildman–Crippen MR) is 161 cm³/mol. The maximum Gasteiger partial charge on any atom is 0.136 e. The molecule has 0 spiro atoms. The number of hydrogen-bond donors (Lipinski definition) is 4. The second kappa shape index (κ2) is 13.9. The van der Waals surface area contributed by atoms with Gasteiger partial charge in [-0.15, -0.1) is 0 Å². The Morgan fingerprint density at radius 1 is 0.650 bits per heavy atom. The van der Waals surface area contributed by atoms with Crippen molar-refractivity contribution in [3.8, 4) is 0 Å². The standard InChI is InChI=1S/C34H36O5S/c35-24-30(36)32(37)33(38,22-27-15-7-2-8-16-27)34(23-28-17-9-3-10-18-28,39-25-29-19-11-4-12-20-29)31(40)21-26-13-5-1-6-14-26/h1-20,30,32,35-38H,21-25H2/t30-,32-,33+,34+/m1/s1. The molecule has 0 aliphatic rings. The Labute approximate surface area is 241 Å². The molecule has 0 bridgehead atoms. The SMILES string of the molecule is OC[C@@H](O)[C@@H](O)[C@@](O)(Cc1ccccc1)[C@@](Cc1ccccc1)(OCc1ccccc1)C(=S)Cc1ccccc1. The van der Waals surface area contributed by atoms with Crippen molar-refractivity contribution in [2.24, 2.45) is 0 Å². The van der Waals surface area contributed by atoms with Gasteiger partial charge in [-0.25, -0.2) is 0 Å². The zero-order chi connectivity index (χ0) is 28.4. The minimum absolute atomic E-state index is 0.0807. The van der Waals surface area contributed by atoms with Crippen LogP contribution in [0.2, 0.25) is 0 Å². The average molecular weight is 557 g/mol. The largest absolute Gasteiger partial charge is 0.394 e. The van der Waals surface area contributed by atoms with Crippen molar-refractivity contribution in [2.45, 2.75) is 49.3 Å². The van der Waals surface area contributed by atoms with Crippen LogP contribution in [0.3, 0.4) is 0 Å². The number of aliphatic hydroxyl groups excluding tert-OH is 3. The quantitative estimate of drug-likeness (QED) is 0.171. The number of ether oxygens (including phenoxy) is 1. The molecule has 40 heavy (non-hydrogen) atoms. The highest BCUT2D eigenvalue weighted by Gasteiger charge is 2.59. The van der Waals surface area contributed by atoms with Crippen molar-refractivity contribution in [3.05, 3.63) is 144 Å². The maximum absolute atomic E-state index is 12.8. The lowest BCUT2D eigenvalue weighted by molar-refractivity contribution is -0.221. The Balaban J connectivity index is 1.92. The van der Waals surface area contributed by atoms with Crippen molar-refractivity contribution in [2.75, 3.05) is 6.61 Å². The summed E-state index contributed by atoms with van der Waals surface area (Å²) in [5.41, 5.74) is -0.442. The second-order valence-electron chi connectivity index (χ2n) is 10.1. The Morgan fingerprint density at radius 3 is 1.55 bits per heavy atom. The molecule has 0 radical (unpaired) electrons. The Hall–Kier alpha value is -3.23. The molecule has 0 heterocycles. The van der Waals surface area contributed by atoms with E-state index in [1.165, 1.54) is 0 Å². The number of benzene rings is 4. The molecule has 4 N–H and O–H groups in total. The van der Waals surface area contributed by atoms with Crippen LogP contribution in [0.4, 0.5) is 0 Å². The van der Waals surface area contributed by atoms with Crippen molar-refractivity contribution >= 4 is 17.1 Å². The normalized spacial score (nSPS) is 15.9. The van der Waals surface area contributed by atoms with Gasteiger partial charge in [0.2, 0.25) is 0 Å². The smallest absolute Gasteiger partial charge is 0.136 e. The van der Waals surface area contributed by atoms with Gasteiger partial charge in [0.25, 0.3) is 0 Å². The van der Waals surface area contributed by atoms with Crippen LogP contribution in [0, 0.1) is 0 Å². The molecule has 4 aromatic carbocycles. The van der Waals surface area contributed by atoms with Crippen LogP contribution >= 0.6 is 12.2 Å². The monoisotopic (exact) mass is 556 g/mol. The molecule has 0 aliphatic carbocycles. The third-order valence-corrected chi connectivity index (χ3v) is 7.81. The topological polar surface area (TPSA) is 90.2 Å². The predicted octanol–water partition coefficient (Wildman–Crippen LogP) is 4.49. The van der Waals surface area contributed by atoms with Crippen molar-refractivity contribution in [1.29, 1.82) is 0 Å². The summed E-state index contributed by atoms with van der Waals surface area (Å²) < 4.78 is 6.76. The zero-order valence-corrected chi connectivity index (χ0v) is 23.2. The first-order valence-electron chi connectivity index (χ1n) is 13.4. The molecule has 5 nitrogen and oxygen atoms in total. The summed E-state index contributed by atoms with van der Waals surface area (Å²) in [6.45, 7) is -0.647. The van der Waals surface area contributed by atoms with E-state index in [4.69, 9.17) is 17.0 Å². The number of aliphatic hydroxyl groups is 4. The lowest BCUT2D eigenvalue weighted by atomic mass is 9.67. The van der Waals surface area contributed by atoms with E-state index in [0.29, 0.717) is 4.86 Å². The highest BCUT2D eigenvalue weighted by Crippen LogP contribution is 2.40. The molecule has 0 unspecified atom stereocenters. The van der Waals surface area contributed by atoms with E-state index in [-0.39, 0.29) is 25.9 Å². The van der Waals surface area contributed by atoms with E-state index in [0.717, 1.165) is 22.3 Å². The molecule has 0 aromatic heterocycles. The van der Waals surface area contributed by atoms with Gasteiger partial charge in [-0.1, -0.05) is 134 Å². The molecule has 0 fully saturated rings. The van der Waals surface area contributed by atoms with E-state index in [2.05, 4.69) is 0 Å². The number of hydrogen-bond acceptors (Lipinski definition) is 6. The summed E-state index contributed by atoms with van der Waals surface area (Å²) in [6, 6.07) is 38.0. The van der Waals surface area contributed by atoms with Crippen molar-refractivity contribution < 1.29 is 25.2 Å². The minimum Gasteiger partial charge on any atom is -0.394 e. The van der Waals surface area contributed by atoms with E-state index in [1.54, 1.807) is 0 Å². The first-order valence-corrected chi connectivity index (χ1v) is 13.8. The van der Waals surface area contributed by atoms with Crippen LogP contribution in [0.5, 0.6) is 0 Å². The highest BCUT2D eigenvalue weighted by molar-refractivity contribution is 7.80. The molecule has 4 aromatic rings. The fraction of sp³-hybridized carbons (Fsp3) is 0.265. The second-order valence-corrected chi connectivity index (χ2v) is 10.6. The molecule has 0 saturated carbocycles. The summed E-state index contributed by atoms with van der Waals surface area (Å²) in [4.78, 5) is 0.376. The Bertz CT molecular complexity index is 1320. The maximum atomic E-state index is 12.8. The van der Waals surface area contributed by atoms with Gasteiger partial charge >= 0.3 is 0 Å². The molecule has 6 heteroatoms. The first-order chi connectivity index (χ1) is 19.4. The molecular weight excluding hydrogens is 520 g/mol. The highest BCUT2D eigenvalue weighted by atomic mass is 32.1. The van der Waals surface area contributed by atoms with Crippen LogP contribution in [-0.4, -0.2) is 55.3 Å². The lowest BCUT2D eigenvalue weighted by Crippen LogP contribution is -2.70. The number of rotatable bonds is 14. The molecule has 0 saturated heterocycles. The van der Waals surface area contributed by atoms with Gasteiger partial charge in [-0.2, -0.15) is 0 Å². The molecule has 208 valence electrons.